The molecule has 0 aliphatic heterocycles. The SMILES string of the molecule is C=C(C)C(=O)OC(COCC=C(C)C)COCC=C(C)C.C=CC(=O)OC(COCC=C(C)C)COCC=C(C)C.C=CCOC(COCC=C(C)C)COCC=C(C)C.C=COC(COCC=C(C)C)COCC=C(C)C.C=Cc1ccc(OC(COCC=C(C)C)COCC=C(C)C)cc1.CC(C)=CCOCC(COCC=C(C)C)OCC=C(C)C.CC(C)=CCOCC(O)COCC=C(C)C. The minimum Gasteiger partial charge on any atom is -0.494 e. The minimum atomic E-state index is -0.545. The zero-order valence-corrected chi connectivity index (χ0v) is 92.5. The van der Waals surface area contributed by atoms with Crippen molar-refractivity contribution < 1.29 is 109 Å². The quantitative estimate of drug-likeness (QED) is 0.0210. The standard InChI is InChI=1S/C21H30O3.C18H32O3.C17H28O4.C16H26O4.C16H28O3.C15H26O3.C13H24O3/c1-6-19-7-9-20(10-8-19)24-21(15-22-13-11-17(2)3)16-23-14-12-18(4)5;1-15(2)7-10-19-13-18(21-12-9-17(5)6)14-20-11-8-16(3)4;1-13(2)7-9-19-11-16(21-17(18)15(5)6)12-20-10-8-14(3)4;1-6-16(17)20-15(11-18-9-7-13(2)3)12-19-10-8-14(4)5;1-6-9-19-16(12-17-10-7-14(2)3)13-18-11-8-15(4)5;1-6-18-15(11-16-9-7-13(2)3)12-17-10-8-14(4)5;1-11(2)5-7-15-9-13(14)10-16-8-6-12(3)4/h6-12,21H,1,13-16H2,2-5H3;7-9,18H,10-14H2,1-6H3;7-8,16H,5,9-12H2,1-4,6H3;6-8,15H,1,9-12H2,2-5H3;6-8,16H,1,9-13H2,2-5H3;6-8,15H,1,9-12H2,2-5H3;5-6,13-14H,7-10H2,1-4H3. The van der Waals surface area contributed by atoms with E-state index in [1.54, 1.807) is 13.0 Å². The fraction of sp³-hybridized carbons (Fsp3) is 0.586. The summed E-state index contributed by atoms with van der Waals surface area (Å²) in [6.45, 7) is 95.7. The van der Waals surface area contributed by atoms with E-state index in [1.807, 2.05) is 190 Å². The molecule has 0 aliphatic carbocycles. The molecule has 0 spiro atoms. The second-order valence-electron chi connectivity index (χ2n) is 36.1. The molecule has 0 atom stereocenters. The lowest BCUT2D eigenvalue weighted by molar-refractivity contribution is -0.151. The molecule has 0 radical (unpaired) electrons. The molecule has 0 unspecified atom stereocenters. The van der Waals surface area contributed by atoms with Crippen molar-refractivity contribution in [1.29, 1.82) is 0 Å². The Kier molecular flexibility index (Phi) is 103. The molecule has 1 aromatic rings. The van der Waals surface area contributed by atoms with Crippen LogP contribution in [0.15, 0.2) is 256 Å². The molecule has 0 fully saturated rings. The van der Waals surface area contributed by atoms with Crippen molar-refractivity contribution in [2.75, 3.05) is 198 Å². The van der Waals surface area contributed by atoms with Crippen LogP contribution >= 0.6 is 0 Å². The van der Waals surface area contributed by atoms with Gasteiger partial charge in [-0.3, -0.25) is 0 Å². The number of ether oxygens (including phenoxy) is 20. The monoisotopic (exact) mass is 1960 g/mol. The average Bonchev–Trinajstić information content (AvgIpc) is 0.898. The summed E-state index contributed by atoms with van der Waals surface area (Å²) in [7, 11) is 0. The van der Waals surface area contributed by atoms with Gasteiger partial charge in [-0.25, -0.2) is 9.59 Å². The van der Waals surface area contributed by atoms with E-state index in [1.165, 1.54) is 89.9 Å². The maximum absolute atomic E-state index is 11.6. The summed E-state index contributed by atoms with van der Waals surface area (Å²) >= 11 is 0. The Hall–Kier alpha value is -8.12. The summed E-state index contributed by atoms with van der Waals surface area (Å²) < 4.78 is 110. The molecule has 1 aromatic carbocycles. The number of aliphatic hydroxyl groups is 1. The summed E-state index contributed by atoms with van der Waals surface area (Å²) in [6.07, 6.45) is 34.7. The largest absolute Gasteiger partial charge is 0.494 e. The van der Waals surface area contributed by atoms with Crippen LogP contribution in [-0.4, -0.2) is 258 Å². The third kappa shape index (κ3) is 120. The number of carbonyl (C=O) groups excluding carboxylic acids is 2. The number of hydrogen-bond acceptors (Lipinski definition) is 23. The molecule has 23 heteroatoms. The number of esters is 2. The van der Waals surface area contributed by atoms with Gasteiger partial charge in [0, 0.05) is 11.6 Å². The molecular weight excluding hydrogens is 1760 g/mol. The van der Waals surface area contributed by atoms with Gasteiger partial charge in [0.25, 0.3) is 0 Å². The zero-order valence-electron chi connectivity index (χ0n) is 92.5. The van der Waals surface area contributed by atoms with Gasteiger partial charge in [-0.1, -0.05) is 225 Å². The zero-order chi connectivity index (χ0) is 106. The summed E-state index contributed by atoms with van der Waals surface area (Å²) in [4.78, 5) is 22.8. The molecule has 0 aliphatic rings. The number of aliphatic hydroxyl groups excluding tert-OH is 1. The van der Waals surface area contributed by atoms with E-state index in [0.717, 1.165) is 17.4 Å². The van der Waals surface area contributed by atoms with Gasteiger partial charge in [-0.2, -0.15) is 0 Å². The Labute approximate surface area is 845 Å². The van der Waals surface area contributed by atoms with E-state index in [-0.39, 0.29) is 24.4 Å². The first kappa shape index (κ1) is 142. The molecule has 139 heavy (non-hydrogen) atoms. The predicted molar refractivity (Wildman–Crippen MR) is 579 cm³/mol. The van der Waals surface area contributed by atoms with E-state index < -0.39 is 30.3 Å². The molecule has 0 bridgehead atoms. The molecule has 23 nitrogen and oxygen atoms in total. The van der Waals surface area contributed by atoms with Crippen LogP contribution in [0.3, 0.4) is 0 Å². The molecular formula is C116H194O23. The highest BCUT2D eigenvalue weighted by atomic mass is 16.6. The molecule has 0 saturated carbocycles. The van der Waals surface area contributed by atoms with Crippen LogP contribution in [0, 0.1) is 0 Å². The van der Waals surface area contributed by atoms with Crippen LogP contribution in [0.2, 0.25) is 0 Å². The van der Waals surface area contributed by atoms with Crippen molar-refractivity contribution >= 4 is 18.0 Å². The first-order chi connectivity index (χ1) is 65.8. The first-order valence-corrected chi connectivity index (χ1v) is 48.3. The van der Waals surface area contributed by atoms with Crippen LogP contribution in [0.1, 0.15) is 220 Å². The Bertz CT molecular complexity index is 3570. The van der Waals surface area contributed by atoms with Crippen molar-refractivity contribution in [2.24, 2.45) is 0 Å². The number of hydrogen-bond donors (Lipinski definition) is 1. The fourth-order valence-electron chi connectivity index (χ4n) is 8.80. The Morgan fingerprint density at radius 1 is 0.266 bits per heavy atom. The molecule has 1 N–H and O–H groups in total. The lowest BCUT2D eigenvalue weighted by Crippen LogP contribution is -2.29. The van der Waals surface area contributed by atoms with E-state index >= 15 is 0 Å². The topological polar surface area (TPSA) is 239 Å². The Balaban J connectivity index is -0.000000372. The van der Waals surface area contributed by atoms with Crippen molar-refractivity contribution in [3.63, 3.8) is 0 Å². The fourth-order valence-corrected chi connectivity index (χ4v) is 8.80. The molecule has 0 heterocycles. The van der Waals surface area contributed by atoms with Gasteiger partial charge >= 0.3 is 11.9 Å². The van der Waals surface area contributed by atoms with Gasteiger partial charge in [-0.15, -0.1) is 6.58 Å². The van der Waals surface area contributed by atoms with Crippen molar-refractivity contribution in [3.8, 4) is 5.75 Å². The van der Waals surface area contributed by atoms with Crippen molar-refractivity contribution in [1.82, 2.24) is 0 Å². The summed E-state index contributed by atoms with van der Waals surface area (Å²) in [5.41, 5.74) is 19.9. The predicted octanol–water partition coefficient (Wildman–Crippen LogP) is 25.2. The Morgan fingerprint density at radius 3 is 0.691 bits per heavy atom. The van der Waals surface area contributed by atoms with Gasteiger partial charge in [0.05, 0.1) is 204 Å². The summed E-state index contributed by atoms with van der Waals surface area (Å²) in [5.74, 6) is -0.0783. The van der Waals surface area contributed by atoms with Crippen LogP contribution in [0.4, 0.5) is 0 Å². The highest BCUT2D eigenvalue weighted by Gasteiger charge is 2.18. The van der Waals surface area contributed by atoms with Gasteiger partial charge in [-0.05, 0) is 232 Å². The number of benzene rings is 1. The Morgan fingerprint density at radius 2 is 0.475 bits per heavy atom. The lowest BCUT2D eigenvalue weighted by atomic mass is 10.2. The highest BCUT2D eigenvalue weighted by molar-refractivity contribution is 5.87. The van der Waals surface area contributed by atoms with Crippen LogP contribution in [0.5, 0.6) is 5.75 Å². The van der Waals surface area contributed by atoms with Crippen molar-refractivity contribution in [3.05, 3.63) is 261 Å². The highest BCUT2D eigenvalue weighted by Crippen LogP contribution is 2.16. The van der Waals surface area contributed by atoms with Gasteiger partial charge < -0.3 is 99.8 Å². The molecule has 796 valence electrons. The average molecular weight is 1960 g/mol. The van der Waals surface area contributed by atoms with E-state index in [4.69, 9.17) is 94.7 Å². The maximum atomic E-state index is 11.6. The number of rotatable bonds is 71. The molecule has 0 amide bonds. The maximum Gasteiger partial charge on any atom is 0.333 e. The first-order valence-electron chi connectivity index (χ1n) is 48.3. The van der Waals surface area contributed by atoms with E-state index in [9.17, 15) is 14.7 Å². The van der Waals surface area contributed by atoms with Crippen LogP contribution in [-0.2, 0) is 99.6 Å². The van der Waals surface area contributed by atoms with Gasteiger partial charge in [0.1, 0.15) is 48.5 Å². The van der Waals surface area contributed by atoms with Gasteiger partial charge in [0.2, 0.25) is 0 Å². The molecule has 0 saturated heterocycles. The van der Waals surface area contributed by atoms with E-state index in [2.05, 4.69) is 172 Å². The second kappa shape index (κ2) is 101. The summed E-state index contributed by atoms with van der Waals surface area (Å²) in [5, 5.41) is 9.49. The molecule has 1 rings (SSSR count). The minimum absolute atomic E-state index is 0.0308. The van der Waals surface area contributed by atoms with Crippen molar-refractivity contribution in [2.45, 2.75) is 257 Å². The lowest BCUT2D eigenvalue weighted by Gasteiger charge is -2.19. The third-order valence-corrected chi connectivity index (χ3v) is 16.8. The van der Waals surface area contributed by atoms with Crippen LogP contribution in [0.25, 0.3) is 6.08 Å². The number of carbonyl (C=O) groups is 2. The second-order valence-corrected chi connectivity index (χ2v) is 36.1. The third-order valence-electron chi connectivity index (χ3n) is 16.8. The summed E-state index contributed by atoms with van der Waals surface area (Å²) in [6, 6.07) is 7.84. The van der Waals surface area contributed by atoms with Gasteiger partial charge in [0.15, 0.2) is 0 Å². The smallest absolute Gasteiger partial charge is 0.333 e. The van der Waals surface area contributed by atoms with Crippen LogP contribution < -0.4 is 4.74 Å². The molecule has 0 aromatic heterocycles. The normalized spacial score (nSPS) is 10.3. The number of allylic oxidation sites excluding steroid dienone is 15. The van der Waals surface area contributed by atoms with E-state index in [0.29, 0.717) is 204 Å².